The van der Waals surface area contributed by atoms with Gasteiger partial charge in [-0.2, -0.15) is 0 Å². The van der Waals surface area contributed by atoms with Gasteiger partial charge in [-0.3, -0.25) is 0 Å². The maximum Gasteiger partial charge on any atom is 0.0755 e. The van der Waals surface area contributed by atoms with E-state index < -0.39 is 0 Å². The van der Waals surface area contributed by atoms with E-state index >= 15 is 0 Å². The van der Waals surface area contributed by atoms with Crippen molar-refractivity contribution in [2.45, 2.75) is 18.8 Å². The Hall–Kier alpha value is -4.82. The molecular formula is C40H32N2. The van der Waals surface area contributed by atoms with Crippen LogP contribution in [0.4, 0.5) is 0 Å². The highest BCUT2D eigenvalue weighted by Gasteiger charge is 2.54. The third-order valence-electron chi connectivity index (χ3n) is 10.2. The number of fused-ring (bicyclic) bond motifs is 9. The minimum atomic E-state index is -0.330. The lowest BCUT2D eigenvalue weighted by Crippen LogP contribution is -2.34. The van der Waals surface area contributed by atoms with Crippen LogP contribution in [0.15, 0.2) is 156 Å². The van der Waals surface area contributed by atoms with Crippen LogP contribution in [0, 0.1) is 5.41 Å². The second-order valence-electron chi connectivity index (χ2n) is 12.4. The van der Waals surface area contributed by atoms with Crippen molar-refractivity contribution >= 4 is 16.3 Å². The SMILES string of the molecule is CC1(C2=CC3=C(NC2)C2=C(C=CCN2)C32c3ccccc3-c3ccccc32)C=C(c2cccc3ccccc23)C=CC1. The van der Waals surface area contributed by atoms with E-state index in [-0.39, 0.29) is 10.8 Å². The molecule has 42 heavy (non-hydrogen) atoms. The molecule has 9 rings (SSSR count). The molecule has 2 N–H and O–H groups in total. The predicted octanol–water partition coefficient (Wildman–Crippen LogP) is 8.37. The number of nitrogens with one attached hydrogen (secondary N) is 2. The van der Waals surface area contributed by atoms with Gasteiger partial charge in [-0.25, -0.2) is 0 Å². The molecule has 4 aromatic rings. The van der Waals surface area contributed by atoms with E-state index in [1.54, 1.807) is 0 Å². The molecule has 2 heterocycles. The quantitative estimate of drug-likeness (QED) is 0.267. The van der Waals surface area contributed by atoms with Gasteiger partial charge in [0.05, 0.1) is 16.8 Å². The average Bonchev–Trinajstić information content (AvgIpc) is 3.52. The van der Waals surface area contributed by atoms with Gasteiger partial charge in [-0.1, -0.05) is 134 Å². The van der Waals surface area contributed by atoms with Crippen LogP contribution in [-0.2, 0) is 5.41 Å². The van der Waals surface area contributed by atoms with E-state index in [0.717, 1.165) is 19.5 Å². The third kappa shape index (κ3) is 3.04. The van der Waals surface area contributed by atoms with Crippen LogP contribution in [0.5, 0.6) is 0 Å². The van der Waals surface area contributed by atoms with Gasteiger partial charge in [0, 0.05) is 18.5 Å². The first-order chi connectivity index (χ1) is 20.7. The van der Waals surface area contributed by atoms with Gasteiger partial charge < -0.3 is 10.6 Å². The molecule has 0 radical (unpaired) electrons. The van der Waals surface area contributed by atoms with Gasteiger partial charge in [0.2, 0.25) is 0 Å². The summed E-state index contributed by atoms with van der Waals surface area (Å²) in [5.74, 6) is 0. The van der Waals surface area contributed by atoms with Gasteiger partial charge >= 0.3 is 0 Å². The lowest BCUT2D eigenvalue weighted by molar-refractivity contribution is 0.495. The Morgan fingerprint density at radius 2 is 1.33 bits per heavy atom. The van der Waals surface area contributed by atoms with E-state index in [9.17, 15) is 0 Å². The Labute approximate surface area is 247 Å². The molecule has 1 atom stereocenters. The maximum atomic E-state index is 3.95. The van der Waals surface area contributed by atoms with Crippen molar-refractivity contribution in [1.29, 1.82) is 0 Å². The summed E-state index contributed by atoms with van der Waals surface area (Å²) >= 11 is 0. The molecule has 0 bridgehead atoms. The van der Waals surface area contributed by atoms with Crippen molar-refractivity contribution in [2.24, 2.45) is 5.41 Å². The molecular weight excluding hydrogens is 508 g/mol. The fourth-order valence-electron chi connectivity index (χ4n) is 8.22. The molecule has 0 fully saturated rings. The van der Waals surface area contributed by atoms with Gasteiger partial charge in [-0.05, 0) is 67.3 Å². The van der Waals surface area contributed by atoms with E-state index in [4.69, 9.17) is 0 Å². The Morgan fingerprint density at radius 3 is 2.17 bits per heavy atom. The number of dihydropyridines is 2. The average molecular weight is 541 g/mol. The van der Waals surface area contributed by atoms with Crippen molar-refractivity contribution in [2.75, 3.05) is 13.1 Å². The Morgan fingerprint density at radius 1 is 0.643 bits per heavy atom. The normalized spacial score (nSPS) is 22.7. The summed E-state index contributed by atoms with van der Waals surface area (Å²) in [6, 6.07) is 33.5. The highest BCUT2D eigenvalue weighted by molar-refractivity contribution is 5.96. The number of benzene rings is 4. The van der Waals surface area contributed by atoms with E-state index in [2.05, 4.69) is 145 Å². The molecule has 0 amide bonds. The second-order valence-corrected chi connectivity index (χ2v) is 12.4. The Balaban J connectivity index is 1.24. The summed E-state index contributed by atoms with van der Waals surface area (Å²) in [6.07, 6.45) is 15.4. The summed E-state index contributed by atoms with van der Waals surface area (Å²) < 4.78 is 0. The van der Waals surface area contributed by atoms with Crippen molar-refractivity contribution in [3.8, 4) is 11.1 Å². The topological polar surface area (TPSA) is 24.1 Å². The summed E-state index contributed by atoms with van der Waals surface area (Å²) in [5.41, 5.74) is 14.3. The van der Waals surface area contributed by atoms with Crippen molar-refractivity contribution < 1.29 is 0 Å². The molecule has 1 spiro atoms. The molecule has 2 nitrogen and oxygen atoms in total. The Bertz CT molecular complexity index is 1980. The zero-order chi connectivity index (χ0) is 27.9. The molecule has 0 saturated heterocycles. The van der Waals surface area contributed by atoms with Gasteiger partial charge in [0.25, 0.3) is 0 Å². The zero-order valence-corrected chi connectivity index (χ0v) is 23.7. The third-order valence-corrected chi connectivity index (χ3v) is 10.2. The predicted molar refractivity (Wildman–Crippen MR) is 174 cm³/mol. The van der Waals surface area contributed by atoms with Gasteiger partial charge in [0.15, 0.2) is 0 Å². The molecule has 4 aromatic carbocycles. The summed E-state index contributed by atoms with van der Waals surface area (Å²) in [7, 11) is 0. The first kappa shape index (κ1) is 23.8. The van der Waals surface area contributed by atoms with E-state index in [1.807, 2.05) is 0 Å². The standard InChI is InChI=1S/C40H32N2/c1-39(21-9-13-27(24-39)30-17-8-12-26-11-2-3-14-29(26)30)28-23-36-38(42-25-28)37-35(20-10-22-41-37)40(36)33-18-6-4-15-31(33)32-16-5-7-19-34(32)40/h2-20,23-24,41-42H,21-22,25H2,1H3. The molecule has 5 aliphatic rings. The van der Waals surface area contributed by atoms with Crippen molar-refractivity contribution in [1.82, 2.24) is 10.6 Å². The molecule has 0 aromatic heterocycles. The minimum absolute atomic E-state index is 0.0995. The second kappa shape index (κ2) is 8.59. The molecule has 2 aliphatic heterocycles. The fourth-order valence-corrected chi connectivity index (χ4v) is 8.22. The molecule has 1 unspecified atom stereocenters. The monoisotopic (exact) mass is 540 g/mol. The first-order valence-corrected chi connectivity index (χ1v) is 15.1. The van der Waals surface area contributed by atoms with Crippen LogP contribution in [-0.4, -0.2) is 13.1 Å². The molecule has 2 heteroatoms. The summed E-state index contributed by atoms with van der Waals surface area (Å²) in [5, 5.41) is 10.3. The zero-order valence-electron chi connectivity index (χ0n) is 23.7. The molecule has 202 valence electrons. The summed E-state index contributed by atoms with van der Waals surface area (Å²) in [4.78, 5) is 0. The highest BCUT2D eigenvalue weighted by Crippen LogP contribution is 2.62. The van der Waals surface area contributed by atoms with E-state index in [0.29, 0.717) is 0 Å². The number of hydrogen-bond donors (Lipinski definition) is 2. The lowest BCUT2D eigenvalue weighted by atomic mass is 9.66. The van der Waals surface area contributed by atoms with Crippen LogP contribution in [0.3, 0.4) is 0 Å². The van der Waals surface area contributed by atoms with Gasteiger partial charge in [0.1, 0.15) is 0 Å². The minimum Gasteiger partial charge on any atom is -0.380 e. The number of allylic oxidation sites excluding steroid dienone is 8. The van der Waals surface area contributed by atoms with Crippen LogP contribution in [0.2, 0.25) is 0 Å². The highest BCUT2D eigenvalue weighted by atomic mass is 15.0. The van der Waals surface area contributed by atoms with Crippen molar-refractivity contribution in [3.05, 3.63) is 172 Å². The fraction of sp³-hybridized carbons (Fsp3) is 0.150. The molecule has 3 aliphatic carbocycles. The molecule has 0 saturated carbocycles. The summed E-state index contributed by atoms with van der Waals surface area (Å²) in [6.45, 7) is 4.11. The lowest BCUT2D eigenvalue weighted by Gasteiger charge is -2.38. The van der Waals surface area contributed by atoms with Crippen LogP contribution >= 0.6 is 0 Å². The number of hydrogen-bond acceptors (Lipinski definition) is 2. The van der Waals surface area contributed by atoms with Crippen molar-refractivity contribution in [3.63, 3.8) is 0 Å². The van der Waals surface area contributed by atoms with Crippen LogP contribution in [0.25, 0.3) is 27.5 Å². The van der Waals surface area contributed by atoms with E-state index in [1.165, 1.54) is 72.3 Å². The van der Waals surface area contributed by atoms with Crippen LogP contribution < -0.4 is 10.6 Å². The van der Waals surface area contributed by atoms with Gasteiger partial charge in [-0.15, -0.1) is 0 Å². The Kier molecular flexibility index (Phi) is 4.88. The number of rotatable bonds is 2. The largest absolute Gasteiger partial charge is 0.380 e. The van der Waals surface area contributed by atoms with Crippen LogP contribution in [0.1, 0.15) is 30.0 Å². The maximum absolute atomic E-state index is 3.95. The first-order valence-electron chi connectivity index (χ1n) is 15.1. The smallest absolute Gasteiger partial charge is 0.0755 e.